The average molecular weight is 262 g/mol. The minimum atomic E-state index is -3.91. The molecule has 0 aliphatic rings. The Hall–Kier alpha value is -0.720. The molecule has 0 saturated heterocycles. The van der Waals surface area contributed by atoms with Gasteiger partial charge < -0.3 is 4.74 Å². The van der Waals surface area contributed by atoms with E-state index in [4.69, 9.17) is 9.29 Å². The molecule has 6 heteroatoms. The molecule has 0 aliphatic heterocycles. The van der Waals surface area contributed by atoms with Crippen molar-refractivity contribution in [2.75, 3.05) is 12.9 Å². The third-order valence-electron chi connectivity index (χ3n) is 2.15. The molecule has 90 valence electrons. The van der Waals surface area contributed by atoms with E-state index in [1.165, 1.54) is 0 Å². The Morgan fingerprint density at radius 2 is 1.94 bits per heavy atom. The van der Waals surface area contributed by atoms with Gasteiger partial charge in [0.2, 0.25) is 0 Å². The van der Waals surface area contributed by atoms with Crippen molar-refractivity contribution in [1.82, 2.24) is 0 Å². The van der Waals surface area contributed by atoms with Gasteiger partial charge in [-0.1, -0.05) is 12.1 Å². The molecule has 1 atom stereocenters. The molecule has 0 spiro atoms. The van der Waals surface area contributed by atoms with Gasteiger partial charge in [0.1, 0.15) is 5.75 Å². The van der Waals surface area contributed by atoms with Crippen molar-refractivity contribution < 1.29 is 17.7 Å². The predicted octanol–water partition coefficient (Wildman–Crippen LogP) is 1.94. The van der Waals surface area contributed by atoms with E-state index >= 15 is 0 Å². The summed E-state index contributed by atoms with van der Waals surface area (Å²) in [7, 11) is -2.34. The zero-order valence-electron chi connectivity index (χ0n) is 8.83. The maximum Gasteiger partial charge on any atom is 0.264 e. The van der Waals surface area contributed by atoms with E-state index < -0.39 is 10.1 Å². The van der Waals surface area contributed by atoms with E-state index in [-0.39, 0.29) is 17.4 Å². The summed E-state index contributed by atoms with van der Waals surface area (Å²) in [5.74, 6) is 0.451. The summed E-state index contributed by atoms with van der Waals surface area (Å²) in [6.07, 6.45) is 0.272. The van der Waals surface area contributed by atoms with Crippen molar-refractivity contribution in [2.45, 2.75) is 11.7 Å². The van der Waals surface area contributed by atoms with E-state index in [1.807, 2.05) is 12.1 Å². The first kappa shape index (κ1) is 13.3. The Morgan fingerprint density at radius 1 is 1.38 bits per heavy atom. The van der Waals surface area contributed by atoms with Crippen molar-refractivity contribution in [3.8, 4) is 5.75 Å². The highest BCUT2D eigenvalue weighted by molar-refractivity contribution is 7.85. The molecule has 0 bridgehead atoms. The largest absolute Gasteiger partial charge is 0.497 e. The van der Waals surface area contributed by atoms with Crippen LogP contribution in [0.15, 0.2) is 24.3 Å². The van der Waals surface area contributed by atoms with Crippen LogP contribution in [0.25, 0.3) is 0 Å². The molecule has 0 aromatic heterocycles. The minimum absolute atomic E-state index is 0.215. The topological polar surface area (TPSA) is 63.6 Å². The van der Waals surface area contributed by atoms with Gasteiger partial charge in [-0.05, 0) is 24.1 Å². The first-order chi connectivity index (χ1) is 7.42. The molecule has 1 rings (SSSR count). The maximum absolute atomic E-state index is 10.6. The lowest BCUT2D eigenvalue weighted by Crippen LogP contribution is -2.06. The van der Waals surface area contributed by atoms with Crippen LogP contribution in [0.4, 0.5) is 0 Å². The molecule has 0 saturated carbocycles. The van der Waals surface area contributed by atoms with Crippen LogP contribution in [0.5, 0.6) is 5.75 Å². The quantitative estimate of drug-likeness (QED) is 0.629. The molecule has 0 aliphatic carbocycles. The highest BCUT2D eigenvalue weighted by Crippen LogP contribution is 2.25. The summed E-state index contributed by atoms with van der Waals surface area (Å²) in [5.41, 5.74) is 0.896. The standard InChI is InChI=1S/C10H14O4S2/c1-14-9-4-2-8(3-5-9)10(15)6-7-16(11,12)13/h2-5,10,15H,6-7H2,1H3,(H,11,12,13). The highest BCUT2D eigenvalue weighted by Gasteiger charge is 2.11. The van der Waals surface area contributed by atoms with Crippen LogP contribution in [-0.4, -0.2) is 25.8 Å². The number of methoxy groups -OCH3 is 1. The van der Waals surface area contributed by atoms with E-state index in [9.17, 15) is 8.42 Å². The van der Waals surface area contributed by atoms with Crippen LogP contribution >= 0.6 is 12.6 Å². The van der Waals surface area contributed by atoms with Crippen molar-refractivity contribution >= 4 is 22.7 Å². The van der Waals surface area contributed by atoms with Gasteiger partial charge in [0.15, 0.2) is 0 Å². The van der Waals surface area contributed by atoms with Gasteiger partial charge in [0.25, 0.3) is 10.1 Å². The number of rotatable bonds is 5. The van der Waals surface area contributed by atoms with Crippen LogP contribution in [0.2, 0.25) is 0 Å². The molecule has 1 aromatic carbocycles. The second-order valence-corrected chi connectivity index (χ2v) is 5.56. The molecule has 4 nitrogen and oxygen atoms in total. The molecular formula is C10H14O4S2. The Morgan fingerprint density at radius 3 is 2.38 bits per heavy atom. The van der Waals surface area contributed by atoms with Gasteiger partial charge in [-0.3, -0.25) is 4.55 Å². The first-order valence-electron chi connectivity index (χ1n) is 4.69. The normalized spacial score (nSPS) is 13.4. The molecule has 0 fully saturated rings. The van der Waals surface area contributed by atoms with Crippen molar-refractivity contribution in [1.29, 1.82) is 0 Å². The number of benzene rings is 1. The fourth-order valence-electron chi connectivity index (χ4n) is 1.25. The third-order valence-corrected chi connectivity index (χ3v) is 3.46. The van der Waals surface area contributed by atoms with Crippen LogP contribution in [0, 0.1) is 0 Å². The lowest BCUT2D eigenvalue weighted by atomic mass is 10.1. The van der Waals surface area contributed by atoms with Gasteiger partial charge >= 0.3 is 0 Å². The Kier molecular flexibility index (Phi) is 4.64. The summed E-state index contributed by atoms with van der Waals surface area (Å²) in [6.45, 7) is 0. The molecule has 1 unspecified atom stereocenters. The van der Waals surface area contributed by atoms with Crippen molar-refractivity contribution in [3.63, 3.8) is 0 Å². The predicted molar refractivity (Wildman–Crippen MR) is 65.8 cm³/mol. The first-order valence-corrected chi connectivity index (χ1v) is 6.82. The Balaban J connectivity index is 2.62. The van der Waals surface area contributed by atoms with Crippen molar-refractivity contribution in [2.24, 2.45) is 0 Å². The van der Waals surface area contributed by atoms with Crippen LogP contribution in [0.1, 0.15) is 17.2 Å². The van der Waals surface area contributed by atoms with Crippen molar-refractivity contribution in [3.05, 3.63) is 29.8 Å². The molecule has 0 heterocycles. The molecule has 1 aromatic rings. The van der Waals surface area contributed by atoms with Gasteiger partial charge in [-0.2, -0.15) is 21.0 Å². The Labute approximate surface area is 101 Å². The summed E-state index contributed by atoms with van der Waals surface area (Å²) in [6, 6.07) is 7.21. The summed E-state index contributed by atoms with van der Waals surface area (Å²) < 4.78 is 34.8. The third kappa shape index (κ3) is 4.42. The van der Waals surface area contributed by atoms with E-state index in [1.54, 1.807) is 19.2 Å². The van der Waals surface area contributed by atoms with E-state index in [0.717, 1.165) is 11.3 Å². The minimum Gasteiger partial charge on any atom is -0.497 e. The van der Waals surface area contributed by atoms with E-state index in [2.05, 4.69) is 12.6 Å². The van der Waals surface area contributed by atoms with Crippen LogP contribution in [-0.2, 0) is 10.1 Å². The second kappa shape index (κ2) is 5.56. The lowest BCUT2D eigenvalue weighted by molar-refractivity contribution is 0.414. The smallest absolute Gasteiger partial charge is 0.264 e. The SMILES string of the molecule is COc1ccc(C(S)CCS(=O)(=O)O)cc1. The number of thiol groups is 1. The van der Waals surface area contributed by atoms with Gasteiger partial charge in [0, 0.05) is 5.25 Å². The monoisotopic (exact) mass is 262 g/mol. The molecule has 1 N–H and O–H groups in total. The zero-order valence-corrected chi connectivity index (χ0v) is 10.5. The lowest BCUT2D eigenvalue weighted by Gasteiger charge is -2.10. The van der Waals surface area contributed by atoms with Gasteiger partial charge in [-0.25, -0.2) is 0 Å². The van der Waals surface area contributed by atoms with Crippen LogP contribution in [0.3, 0.4) is 0 Å². The van der Waals surface area contributed by atoms with Crippen LogP contribution < -0.4 is 4.74 Å². The molecule has 0 amide bonds. The fraction of sp³-hybridized carbons (Fsp3) is 0.400. The number of ether oxygens (including phenoxy) is 1. The fourth-order valence-corrected chi connectivity index (χ4v) is 2.26. The molecule has 0 radical (unpaired) electrons. The number of hydrogen-bond donors (Lipinski definition) is 2. The number of hydrogen-bond acceptors (Lipinski definition) is 4. The Bertz CT molecular complexity index is 425. The summed E-state index contributed by atoms with van der Waals surface area (Å²) >= 11 is 4.28. The average Bonchev–Trinajstić information content (AvgIpc) is 2.25. The van der Waals surface area contributed by atoms with Gasteiger partial charge in [-0.15, -0.1) is 0 Å². The molecule has 16 heavy (non-hydrogen) atoms. The van der Waals surface area contributed by atoms with Gasteiger partial charge in [0.05, 0.1) is 12.9 Å². The summed E-state index contributed by atoms with van der Waals surface area (Å²) in [5, 5.41) is -0.215. The maximum atomic E-state index is 10.6. The molecular weight excluding hydrogens is 248 g/mol. The van der Waals surface area contributed by atoms with E-state index in [0.29, 0.717) is 0 Å². The second-order valence-electron chi connectivity index (χ2n) is 3.36. The highest BCUT2D eigenvalue weighted by atomic mass is 32.2. The summed E-state index contributed by atoms with van der Waals surface area (Å²) in [4.78, 5) is 0. The zero-order chi connectivity index (χ0) is 12.2.